The Balaban J connectivity index is 2.02. The summed E-state index contributed by atoms with van der Waals surface area (Å²) in [5.74, 6) is 1.36. The van der Waals surface area contributed by atoms with Crippen LogP contribution in [0.3, 0.4) is 0 Å². The smallest absolute Gasteiger partial charge is 0.288 e. The molecule has 1 aliphatic carbocycles. The van der Waals surface area contributed by atoms with Gasteiger partial charge in [-0.05, 0) is 36.3 Å². The largest absolute Gasteiger partial charge is 0.310 e. The molecule has 1 aromatic rings. The lowest BCUT2D eigenvalue weighted by Gasteiger charge is -2.35. The van der Waals surface area contributed by atoms with E-state index in [0.717, 1.165) is 5.56 Å². The van der Waals surface area contributed by atoms with Crippen molar-refractivity contribution >= 4 is 17.3 Å². The summed E-state index contributed by atoms with van der Waals surface area (Å²) in [5.41, 5.74) is 0.902. The van der Waals surface area contributed by atoms with Crippen LogP contribution >= 0.6 is 11.6 Å². The fourth-order valence-electron chi connectivity index (χ4n) is 3.27. The SMILES string of the molecule is CC(C)C1CCCCC1NCc1ccc(Cl)c([N+](=O)[O-])c1. The molecule has 21 heavy (non-hydrogen) atoms. The number of hydrogen-bond acceptors (Lipinski definition) is 3. The quantitative estimate of drug-likeness (QED) is 0.641. The number of nitro benzene ring substituents is 1. The van der Waals surface area contributed by atoms with Gasteiger partial charge in [0.2, 0.25) is 0 Å². The van der Waals surface area contributed by atoms with Crippen molar-refractivity contribution in [3.8, 4) is 0 Å². The van der Waals surface area contributed by atoms with Gasteiger partial charge in [0.15, 0.2) is 0 Å². The molecule has 1 aliphatic rings. The zero-order valence-electron chi connectivity index (χ0n) is 12.6. The van der Waals surface area contributed by atoms with Crippen LogP contribution in [0.25, 0.3) is 0 Å². The highest BCUT2D eigenvalue weighted by molar-refractivity contribution is 6.32. The number of nitro groups is 1. The van der Waals surface area contributed by atoms with Crippen LogP contribution in [0.1, 0.15) is 45.1 Å². The monoisotopic (exact) mass is 310 g/mol. The molecule has 1 saturated carbocycles. The molecule has 0 bridgehead atoms. The van der Waals surface area contributed by atoms with E-state index < -0.39 is 4.92 Å². The fraction of sp³-hybridized carbons (Fsp3) is 0.625. The minimum Gasteiger partial charge on any atom is -0.310 e. The number of benzene rings is 1. The van der Waals surface area contributed by atoms with Crippen molar-refractivity contribution < 1.29 is 4.92 Å². The Morgan fingerprint density at radius 3 is 2.76 bits per heavy atom. The topological polar surface area (TPSA) is 55.2 Å². The molecule has 0 saturated heterocycles. The molecule has 0 spiro atoms. The number of rotatable bonds is 5. The molecule has 1 N–H and O–H groups in total. The Hall–Kier alpha value is -1.13. The Morgan fingerprint density at radius 1 is 1.38 bits per heavy atom. The van der Waals surface area contributed by atoms with Crippen molar-refractivity contribution in [1.29, 1.82) is 0 Å². The average molecular weight is 311 g/mol. The van der Waals surface area contributed by atoms with Crippen LogP contribution in [0.4, 0.5) is 5.69 Å². The fourth-order valence-corrected chi connectivity index (χ4v) is 3.45. The minimum atomic E-state index is -0.427. The Kier molecular flexibility index (Phi) is 5.59. The van der Waals surface area contributed by atoms with Gasteiger partial charge in [-0.3, -0.25) is 10.1 Å². The van der Waals surface area contributed by atoms with Gasteiger partial charge < -0.3 is 5.32 Å². The van der Waals surface area contributed by atoms with Crippen molar-refractivity contribution in [2.75, 3.05) is 0 Å². The normalized spacial score (nSPS) is 22.5. The summed E-state index contributed by atoms with van der Waals surface area (Å²) in [6, 6.07) is 5.55. The molecule has 2 rings (SSSR count). The maximum atomic E-state index is 10.9. The molecule has 0 heterocycles. The second kappa shape index (κ2) is 7.23. The van der Waals surface area contributed by atoms with E-state index in [-0.39, 0.29) is 10.7 Å². The molecule has 0 aliphatic heterocycles. The van der Waals surface area contributed by atoms with Crippen LogP contribution < -0.4 is 5.32 Å². The van der Waals surface area contributed by atoms with E-state index in [1.807, 2.05) is 6.07 Å². The lowest BCUT2D eigenvalue weighted by molar-refractivity contribution is -0.384. The molecule has 116 valence electrons. The average Bonchev–Trinajstić information content (AvgIpc) is 2.46. The predicted octanol–water partition coefficient (Wildman–Crippen LogP) is 4.55. The van der Waals surface area contributed by atoms with E-state index in [4.69, 9.17) is 11.6 Å². The summed E-state index contributed by atoms with van der Waals surface area (Å²) in [4.78, 5) is 10.5. The lowest BCUT2D eigenvalue weighted by Crippen LogP contribution is -2.40. The van der Waals surface area contributed by atoms with E-state index in [1.54, 1.807) is 12.1 Å². The molecule has 2 unspecified atom stereocenters. The van der Waals surface area contributed by atoms with Gasteiger partial charge in [0.1, 0.15) is 5.02 Å². The van der Waals surface area contributed by atoms with Crippen molar-refractivity contribution in [3.63, 3.8) is 0 Å². The van der Waals surface area contributed by atoms with Crippen LogP contribution in [0.15, 0.2) is 18.2 Å². The second-order valence-electron chi connectivity index (χ2n) is 6.22. The Labute approximate surface area is 131 Å². The highest BCUT2D eigenvalue weighted by Crippen LogP contribution is 2.31. The predicted molar refractivity (Wildman–Crippen MR) is 85.5 cm³/mol. The van der Waals surface area contributed by atoms with Crippen molar-refractivity contribution in [2.45, 2.75) is 52.1 Å². The molecule has 4 nitrogen and oxygen atoms in total. The summed E-state index contributed by atoms with van der Waals surface area (Å²) < 4.78 is 0. The molecule has 1 aromatic carbocycles. The molecule has 0 radical (unpaired) electrons. The highest BCUT2D eigenvalue weighted by atomic mass is 35.5. The summed E-state index contributed by atoms with van der Waals surface area (Å²) in [7, 11) is 0. The maximum Gasteiger partial charge on any atom is 0.288 e. The Bertz CT molecular complexity index is 505. The first-order chi connectivity index (χ1) is 9.99. The Morgan fingerprint density at radius 2 is 2.10 bits per heavy atom. The van der Waals surface area contributed by atoms with Crippen molar-refractivity contribution in [1.82, 2.24) is 5.32 Å². The summed E-state index contributed by atoms with van der Waals surface area (Å²) >= 11 is 5.84. The molecular formula is C16H23ClN2O2. The lowest BCUT2D eigenvalue weighted by atomic mass is 9.78. The maximum absolute atomic E-state index is 10.9. The van der Waals surface area contributed by atoms with Crippen molar-refractivity contribution in [3.05, 3.63) is 38.9 Å². The van der Waals surface area contributed by atoms with Crippen LogP contribution in [-0.2, 0) is 6.54 Å². The van der Waals surface area contributed by atoms with Crippen LogP contribution in [0.5, 0.6) is 0 Å². The zero-order valence-corrected chi connectivity index (χ0v) is 13.4. The van der Waals surface area contributed by atoms with Gasteiger partial charge in [-0.15, -0.1) is 0 Å². The van der Waals surface area contributed by atoms with E-state index in [1.165, 1.54) is 25.7 Å². The van der Waals surface area contributed by atoms with Gasteiger partial charge in [-0.2, -0.15) is 0 Å². The first-order valence-corrected chi connectivity index (χ1v) is 8.03. The third-order valence-corrected chi connectivity index (χ3v) is 4.77. The summed E-state index contributed by atoms with van der Waals surface area (Å²) in [6.45, 7) is 5.21. The van der Waals surface area contributed by atoms with Gasteiger partial charge in [-0.1, -0.05) is 44.4 Å². The minimum absolute atomic E-state index is 0.0139. The first-order valence-electron chi connectivity index (χ1n) is 7.65. The van der Waals surface area contributed by atoms with E-state index >= 15 is 0 Å². The highest BCUT2D eigenvalue weighted by Gasteiger charge is 2.27. The van der Waals surface area contributed by atoms with Crippen LogP contribution in [0.2, 0.25) is 5.02 Å². The van der Waals surface area contributed by atoms with Crippen LogP contribution in [0, 0.1) is 22.0 Å². The molecule has 5 heteroatoms. The van der Waals surface area contributed by atoms with Gasteiger partial charge >= 0.3 is 0 Å². The van der Waals surface area contributed by atoms with Gasteiger partial charge in [-0.25, -0.2) is 0 Å². The third kappa shape index (κ3) is 4.17. The number of nitrogens with zero attached hydrogens (tertiary/aromatic N) is 1. The first kappa shape index (κ1) is 16.2. The van der Waals surface area contributed by atoms with E-state index in [2.05, 4.69) is 19.2 Å². The molecule has 1 fully saturated rings. The van der Waals surface area contributed by atoms with Gasteiger partial charge in [0.25, 0.3) is 5.69 Å². The standard InChI is InChI=1S/C16H23ClN2O2/c1-11(2)13-5-3-4-6-15(13)18-10-12-7-8-14(17)16(9-12)19(20)21/h7-9,11,13,15,18H,3-6,10H2,1-2H3. The van der Waals surface area contributed by atoms with Crippen LogP contribution in [-0.4, -0.2) is 11.0 Å². The number of hydrogen-bond donors (Lipinski definition) is 1. The van der Waals surface area contributed by atoms with E-state index in [0.29, 0.717) is 24.4 Å². The second-order valence-corrected chi connectivity index (χ2v) is 6.63. The molecular weight excluding hydrogens is 288 g/mol. The summed E-state index contributed by atoms with van der Waals surface area (Å²) in [6.07, 6.45) is 5.05. The zero-order chi connectivity index (χ0) is 15.4. The summed E-state index contributed by atoms with van der Waals surface area (Å²) in [5, 5.41) is 14.7. The molecule has 2 atom stereocenters. The molecule has 0 amide bonds. The van der Waals surface area contributed by atoms with Crippen molar-refractivity contribution in [2.24, 2.45) is 11.8 Å². The number of halogens is 1. The third-order valence-electron chi connectivity index (χ3n) is 4.45. The van der Waals surface area contributed by atoms with Gasteiger partial charge in [0, 0.05) is 18.7 Å². The molecule has 0 aromatic heterocycles. The number of nitrogens with one attached hydrogen (secondary N) is 1. The van der Waals surface area contributed by atoms with Gasteiger partial charge in [0.05, 0.1) is 4.92 Å². The van der Waals surface area contributed by atoms with E-state index in [9.17, 15) is 10.1 Å².